The highest BCUT2D eigenvalue weighted by molar-refractivity contribution is 5.91. The number of aliphatic hydroxyl groups is 1. The van der Waals surface area contributed by atoms with Crippen molar-refractivity contribution in [2.45, 2.75) is 6.42 Å². The highest BCUT2D eigenvalue weighted by atomic mass is 16.5. The van der Waals surface area contributed by atoms with Gasteiger partial charge in [0.15, 0.2) is 0 Å². The topological polar surface area (TPSA) is 89.2 Å². The van der Waals surface area contributed by atoms with Crippen LogP contribution in [0.4, 0.5) is 0 Å². The Hall–Kier alpha value is -2.12. The molecule has 1 aromatic heterocycles. The molecule has 0 aliphatic heterocycles. The monoisotopic (exact) mass is 311 g/mol. The molecular formula is C15H21NO6. The lowest BCUT2D eigenvalue weighted by molar-refractivity contribution is -0.141. The van der Waals surface area contributed by atoms with Crippen LogP contribution < -0.4 is 0 Å². The normalized spacial score (nSPS) is 10.8. The van der Waals surface area contributed by atoms with E-state index >= 15 is 0 Å². The highest BCUT2D eigenvalue weighted by Gasteiger charge is 2.13. The molecule has 1 amide bonds. The first-order valence-corrected chi connectivity index (χ1v) is 6.93. The van der Waals surface area contributed by atoms with Crippen LogP contribution in [0.1, 0.15) is 12.2 Å². The van der Waals surface area contributed by atoms with Crippen LogP contribution in [0.15, 0.2) is 28.9 Å². The van der Waals surface area contributed by atoms with Gasteiger partial charge in [-0.25, -0.2) is 0 Å². The number of carbonyl (C=O) groups is 2. The van der Waals surface area contributed by atoms with E-state index in [1.54, 1.807) is 18.2 Å². The lowest BCUT2D eigenvalue weighted by Crippen LogP contribution is -2.35. The van der Waals surface area contributed by atoms with Crippen LogP contribution in [-0.2, 0) is 19.1 Å². The molecule has 0 aromatic carbocycles. The zero-order chi connectivity index (χ0) is 16.2. The average Bonchev–Trinajstić information content (AvgIpc) is 3.05. The van der Waals surface area contributed by atoms with Crippen LogP contribution in [0.5, 0.6) is 0 Å². The van der Waals surface area contributed by atoms with Crippen molar-refractivity contribution >= 4 is 18.0 Å². The van der Waals surface area contributed by atoms with Gasteiger partial charge in [0.1, 0.15) is 5.76 Å². The zero-order valence-electron chi connectivity index (χ0n) is 12.6. The molecule has 122 valence electrons. The molecule has 1 heterocycles. The summed E-state index contributed by atoms with van der Waals surface area (Å²) in [5.74, 6) is -0.0743. The van der Waals surface area contributed by atoms with Gasteiger partial charge in [0, 0.05) is 19.2 Å². The Bertz CT molecular complexity index is 468. The molecule has 0 fully saturated rings. The Balaban J connectivity index is 2.53. The molecule has 0 aliphatic rings. The molecule has 0 saturated carbocycles. The second-order valence-corrected chi connectivity index (χ2v) is 4.34. The highest BCUT2D eigenvalue weighted by Crippen LogP contribution is 2.04. The summed E-state index contributed by atoms with van der Waals surface area (Å²) in [6.45, 7) is 0.965. The maximum absolute atomic E-state index is 12.1. The minimum absolute atomic E-state index is 0.0749. The van der Waals surface area contributed by atoms with E-state index in [0.29, 0.717) is 12.3 Å². The smallest absolute Gasteiger partial charge is 0.307 e. The first-order chi connectivity index (χ1) is 10.7. The molecule has 0 atom stereocenters. The third kappa shape index (κ3) is 7.05. The molecular weight excluding hydrogens is 290 g/mol. The first kappa shape index (κ1) is 17.9. The van der Waals surface area contributed by atoms with E-state index in [4.69, 9.17) is 14.3 Å². The molecule has 22 heavy (non-hydrogen) atoms. The zero-order valence-corrected chi connectivity index (χ0v) is 12.6. The van der Waals surface area contributed by atoms with Gasteiger partial charge in [-0.15, -0.1) is 0 Å². The maximum atomic E-state index is 12.1. The number of carbonyl (C=O) groups excluding carboxylic acids is 2. The van der Waals surface area contributed by atoms with Gasteiger partial charge in [-0.3, -0.25) is 9.59 Å². The van der Waals surface area contributed by atoms with Crippen LogP contribution >= 0.6 is 0 Å². The summed E-state index contributed by atoms with van der Waals surface area (Å²) in [6.07, 6.45) is 4.56. The Kier molecular flexibility index (Phi) is 8.63. The molecule has 0 spiro atoms. The summed E-state index contributed by atoms with van der Waals surface area (Å²) >= 11 is 0. The fourth-order valence-electron chi connectivity index (χ4n) is 1.65. The van der Waals surface area contributed by atoms with Crippen molar-refractivity contribution in [3.63, 3.8) is 0 Å². The number of aliphatic hydroxyl groups excluding tert-OH is 1. The molecule has 7 heteroatoms. The van der Waals surface area contributed by atoms with Gasteiger partial charge in [-0.2, -0.15) is 0 Å². The van der Waals surface area contributed by atoms with E-state index in [2.05, 4.69) is 4.74 Å². The van der Waals surface area contributed by atoms with E-state index in [-0.39, 0.29) is 44.7 Å². The van der Waals surface area contributed by atoms with Gasteiger partial charge in [-0.05, 0) is 18.2 Å². The van der Waals surface area contributed by atoms with Gasteiger partial charge >= 0.3 is 5.97 Å². The van der Waals surface area contributed by atoms with Crippen molar-refractivity contribution in [1.82, 2.24) is 4.90 Å². The van der Waals surface area contributed by atoms with Crippen molar-refractivity contribution in [3.05, 3.63) is 30.2 Å². The largest absolute Gasteiger partial charge is 0.469 e. The number of hydrogen-bond acceptors (Lipinski definition) is 6. The molecule has 0 bridgehead atoms. The van der Waals surface area contributed by atoms with Gasteiger partial charge in [0.2, 0.25) is 5.91 Å². The van der Waals surface area contributed by atoms with Gasteiger partial charge in [-0.1, -0.05) is 0 Å². The molecule has 1 N–H and O–H groups in total. The van der Waals surface area contributed by atoms with E-state index < -0.39 is 0 Å². The SMILES string of the molecule is COC(=O)CCN(CCOCCO)C(=O)/C=C/c1ccco1. The Labute approximate surface area is 129 Å². The summed E-state index contributed by atoms with van der Waals surface area (Å²) in [7, 11) is 1.30. The summed E-state index contributed by atoms with van der Waals surface area (Å²) in [6, 6.07) is 3.45. The molecule has 0 unspecified atom stereocenters. The van der Waals surface area contributed by atoms with E-state index in [1.807, 2.05) is 0 Å². The average molecular weight is 311 g/mol. The number of amides is 1. The first-order valence-electron chi connectivity index (χ1n) is 6.93. The summed E-state index contributed by atoms with van der Waals surface area (Å²) in [4.78, 5) is 24.8. The van der Waals surface area contributed by atoms with Crippen LogP contribution in [0.2, 0.25) is 0 Å². The molecule has 0 saturated heterocycles. The Morgan fingerprint density at radius 1 is 1.36 bits per heavy atom. The minimum atomic E-state index is -0.385. The fourth-order valence-corrected chi connectivity index (χ4v) is 1.65. The van der Waals surface area contributed by atoms with Gasteiger partial charge in [0.25, 0.3) is 0 Å². The quantitative estimate of drug-likeness (QED) is 0.388. The fraction of sp³-hybridized carbons (Fsp3) is 0.467. The molecule has 0 radical (unpaired) electrons. The van der Waals surface area contributed by atoms with E-state index in [1.165, 1.54) is 24.3 Å². The standard InChI is InChI=1S/C15H21NO6/c1-20-15(19)6-7-16(8-11-21-12-9-17)14(18)5-4-13-3-2-10-22-13/h2-5,10,17H,6-9,11-12H2,1H3/b5-4+. The molecule has 1 rings (SSSR count). The Morgan fingerprint density at radius 2 is 2.18 bits per heavy atom. The number of furan rings is 1. The predicted molar refractivity (Wildman–Crippen MR) is 78.9 cm³/mol. The third-order valence-electron chi connectivity index (χ3n) is 2.80. The lowest BCUT2D eigenvalue weighted by Gasteiger charge is -2.20. The number of nitrogens with zero attached hydrogens (tertiary/aromatic N) is 1. The number of rotatable bonds is 10. The van der Waals surface area contributed by atoms with E-state index in [9.17, 15) is 9.59 Å². The number of ether oxygens (including phenoxy) is 2. The molecule has 0 aliphatic carbocycles. The second-order valence-electron chi connectivity index (χ2n) is 4.34. The number of esters is 1. The molecule has 1 aromatic rings. The van der Waals surface area contributed by atoms with Crippen LogP contribution in [0, 0.1) is 0 Å². The third-order valence-corrected chi connectivity index (χ3v) is 2.80. The second kappa shape index (κ2) is 10.6. The lowest BCUT2D eigenvalue weighted by atomic mass is 10.3. The van der Waals surface area contributed by atoms with Crippen molar-refractivity contribution < 1.29 is 28.6 Å². The maximum Gasteiger partial charge on any atom is 0.307 e. The van der Waals surface area contributed by atoms with Crippen LogP contribution in [0.3, 0.4) is 0 Å². The summed E-state index contributed by atoms with van der Waals surface area (Å²) in [5.41, 5.74) is 0. The summed E-state index contributed by atoms with van der Waals surface area (Å²) < 4.78 is 14.8. The van der Waals surface area contributed by atoms with Crippen molar-refractivity contribution in [1.29, 1.82) is 0 Å². The van der Waals surface area contributed by atoms with Crippen molar-refractivity contribution in [3.8, 4) is 0 Å². The van der Waals surface area contributed by atoms with Crippen LogP contribution in [-0.4, -0.2) is 61.9 Å². The number of methoxy groups -OCH3 is 1. The number of hydrogen-bond donors (Lipinski definition) is 1. The van der Waals surface area contributed by atoms with E-state index in [0.717, 1.165) is 0 Å². The Morgan fingerprint density at radius 3 is 2.82 bits per heavy atom. The van der Waals surface area contributed by atoms with Gasteiger partial charge < -0.3 is 23.9 Å². The van der Waals surface area contributed by atoms with Crippen molar-refractivity contribution in [2.24, 2.45) is 0 Å². The molecule has 7 nitrogen and oxygen atoms in total. The summed E-state index contributed by atoms with van der Waals surface area (Å²) in [5, 5.41) is 8.65. The predicted octanol–water partition coefficient (Wildman–Crippen LogP) is 0.693. The minimum Gasteiger partial charge on any atom is -0.469 e. The van der Waals surface area contributed by atoms with Gasteiger partial charge in [0.05, 0.1) is 39.6 Å². The van der Waals surface area contributed by atoms with Crippen LogP contribution in [0.25, 0.3) is 6.08 Å². The van der Waals surface area contributed by atoms with Crippen molar-refractivity contribution in [2.75, 3.05) is 40.0 Å².